The number of nitrogens with one attached hydrogen (secondary N) is 1. The number of aromatic nitrogens is 1. The Labute approximate surface area is 170 Å². The summed E-state index contributed by atoms with van der Waals surface area (Å²) in [5.74, 6) is 0. The minimum atomic E-state index is -1.10. The Morgan fingerprint density at radius 3 is 2.71 bits per heavy atom. The average Bonchev–Trinajstić information content (AvgIpc) is 3.10. The summed E-state index contributed by atoms with van der Waals surface area (Å²) in [6, 6.07) is 4.16. The molecule has 1 aromatic rings. The molecule has 2 rings (SSSR count). The highest BCUT2D eigenvalue weighted by molar-refractivity contribution is 5.50. The third kappa shape index (κ3) is 5.92. The molecule has 2 unspecified atom stereocenters. The minimum absolute atomic E-state index is 0.0698. The van der Waals surface area contributed by atoms with Gasteiger partial charge in [0.15, 0.2) is 0 Å². The summed E-state index contributed by atoms with van der Waals surface area (Å²) in [5, 5.41) is 3.49. The van der Waals surface area contributed by atoms with E-state index < -0.39 is 5.67 Å². The number of halogens is 1. The number of hydrogen-bond donors (Lipinski definition) is 1. The Hall–Kier alpha value is -2.16. The standard InChI is InChI=1S/C25H35FN2/c1-7-10-22-16-23(15-21(22)8-2)18(4)28-19(5)24-12-11-20(17-27-24)13-14-25(6,26)9-3/h7,10-12,15,17,19,28H,4,8-9,13-14,16H2,1-3,5-6H3/b10-7-. The van der Waals surface area contributed by atoms with Crippen molar-refractivity contribution in [3.8, 4) is 0 Å². The summed E-state index contributed by atoms with van der Waals surface area (Å²) in [4.78, 5) is 4.59. The molecule has 28 heavy (non-hydrogen) atoms. The van der Waals surface area contributed by atoms with Crippen molar-refractivity contribution in [2.24, 2.45) is 0 Å². The average molecular weight is 383 g/mol. The van der Waals surface area contributed by atoms with Crippen molar-refractivity contribution in [2.45, 2.75) is 78.4 Å². The summed E-state index contributed by atoms with van der Waals surface area (Å²) in [6.07, 6.45) is 12.2. The quantitative estimate of drug-likeness (QED) is 0.474. The monoisotopic (exact) mass is 382 g/mol. The van der Waals surface area contributed by atoms with E-state index in [9.17, 15) is 4.39 Å². The van der Waals surface area contributed by atoms with Crippen LogP contribution in [0.5, 0.6) is 0 Å². The van der Waals surface area contributed by atoms with E-state index >= 15 is 0 Å². The van der Waals surface area contributed by atoms with E-state index in [0.29, 0.717) is 19.3 Å². The summed E-state index contributed by atoms with van der Waals surface area (Å²) in [5.41, 5.74) is 5.92. The van der Waals surface area contributed by atoms with Crippen LogP contribution in [0.25, 0.3) is 0 Å². The smallest absolute Gasteiger partial charge is 0.108 e. The van der Waals surface area contributed by atoms with Crippen LogP contribution in [0.2, 0.25) is 0 Å². The second kappa shape index (κ2) is 9.86. The molecule has 3 heteroatoms. The number of hydrogen-bond acceptors (Lipinski definition) is 2. The summed E-state index contributed by atoms with van der Waals surface area (Å²) >= 11 is 0. The summed E-state index contributed by atoms with van der Waals surface area (Å²) < 4.78 is 14.1. The molecule has 0 amide bonds. The van der Waals surface area contributed by atoms with Gasteiger partial charge in [0.25, 0.3) is 0 Å². The Kier molecular flexibility index (Phi) is 7.79. The van der Waals surface area contributed by atoms with Crippen molar-refractivity contribution in [1.82, 2.24) is 10.3 Å². The van der Waals surface area contributed by atoms with Crippen molar-refractivity contribution in [3.05, 3.63) is 76.8 Å². The minimum Gasteiger partial charge on any atom is -0.377 e. The first-order chi connectivity index (χ1) is 13.3. The van der Waals surface area contributed by atoms with E-state index in [2.05, 4.69) is 61.9 Å². The molecule has 0 bridgehead atoms. The highest BCUT2D eigenvalue weighted by Crippen LogP contribution is 2.32. The molecule has 1 N–H and O–H groups in total. The van der Waals surface area contributed by atoms with Crippen LogP contribution in [0.3, 0.4) is 0 Å². The van der Waals surface area contributed by atoms with E-state index in [4.69, 9.17) is 0 Å². The first-order valence-electron chi connectivity index (χ1n) is 10.4. The fraction of sp³-hybridized carbons (Fsp3) is 0.480. The highest BCUT2D eigenvalue weighted by atomic mass is 19.1. The van der Waals surface area contributed by atoms with Crippen molar-refractivity contribution in [1.29, 1.82) is 0 Å². The molecule has 0 fully saturated rings. The fourth-order valence-corrected chi connectivity index (χ4v) is 3.41. The molecule has 0 aromatic carbocycles. The molecule has 1 aliphatic rings. The number of nitrogens with zero attached hydrogens (tertiary/aromatic N) is 1. The number of pyridine rings is 1. The van der Waals surface area contributed by atoms with Gasteiger partial charge in [-0.2, -0.15) is 0 Å². The molecule has 0 radical (unpaired) electrons. The van der Waals surface area contributed by atoms with Crippen LogP contribution in [0.4, 0.5) is 4.39 Å². The zero-order chi connectivity index (χ0) is 20.7. The Morgan fingerprint density at radius 2 is 2.14 bits per heavy atom. The van der Waals surface area contributed by atoms with Crippen LogP contribution in [0.15, 0.2) is 65.6 Å². The van der Waals surface area contributed by atoms with Gasteiger partial charge in [0, 0.05) is 11.9 Å². The Bertz CT molecular complexity index is 766. The van der Waals surface area contributed by atoms with Gasteiger partial charge in [-0.25, -0.2) is 4.39 Å². The first-order valence-corrected chi connectivity index (χ1v) is 10.4. The predicted molar refractivity (Wildman–Crippen MR) is 118 cm³/mol. The van der Waals surface area contributed by atoms with E-state index in [0.717, 1.165) is 29.8 Å². The van der Waals surface area contributed by atoms with Gasteiger partial charge in [-0.05, 0) is 81.2 Å². The topological polar surface area (TPSA) is 24.9 Å². The third-order valence-corrected chi connectivity index (χ3v) is 5.63. The molecular weight excluding hydrogens is 347 g/mol. The first kappa shape index (κ1) is 22.1. The molecule has 1 heterocycles. The molecule has 2 atom stereocenters. The van der Waals surface area contributed by atoms with E-state index in [-0.39, 0.29) is 6.04 Å². The molecular formula is C25H35FN2. The number of aryl methyl sites for hydroxylation is 1. The van der Waals surface area contributed by atoms with Gasteiger partial charge in [-0.3, -0.25) is 4.98 Å². The second-order valence-electron chi connectivity index (χ2n) is 7.95. The van der Waals surface area contributed by atoms with Gasteiger partial charge in [-0.15, -0.1) is 0 Å². The van der Waals surface area contributed by atoms with Crippen molar-refractivity contribution < 1.29 is 4.39 Å². The Morgan fingerprint density at radius 1 is 1.39 bits per heavy atom. The lowest BCUT2D eigenvalue weighted by Crippen LogP contribution is -2.20. The molecule has 2 nitrogen and oxygen atoms in total. The van der Waals surface area contributed by atoms with Gasteiger partial charge in [0.2, 0.25) is 0 Å². The fourth-order valence-electron chi connectivity index (χ4n) is 3.41. The van der Waals surface area contributed by atoms with Gasteiger partial charge >= 0.3 is 0 Å². The lowest BCUT2D eigenvalue weighted by Gasteiger charge is -2.19. The number of alkyl halides is 1. The summed E-state index contributed by atoms with van der Waals surface area (Å²) in [7, 11) is 0. The maximum absolute atomic E-state index is 14.1. The summed E-state index contributed by atoms with van der Waals surface area (Å²) in [6.45, 7) is 14.2. The van der Waals surface area contributed by atoms with Crippen LogP contribution in [0.1, 0.15) is 77.6 Å². The van der Waals surface area contributed by atoms with Crippen molar-refractivity contribution in [2.75, 3.05) is 0 Å². The maximum Gasteiger partial charge on any atom is 0.108 e. The molecule has 1 aliphatic carbocycles. The van der Waals surface area contributed by atoms with Crippen LogP contribution in [-0.2, 0) is 6.42 Å². The van der Waals surface area contributed by atoms with Gasteiger partial charge in [0.1, 0.15) is 5.67 Å². The zero-order valence-electron chi connectivity index (χ0n) is 18.1. The Balaban J connectivity index is 1.94. The van der Waals surface area contributed by atoms with Crippen molar-refractivity contribution >= 4 is 0 Å². The zero-order valence-corrected chi connectivity index (χ0v) is 18.1. The molecule has 152 valence electrons. The van der Waals surface area contributed by atoms with E-state index in [1.54, 1.807) is 6.92 Å². The van der Waals surface area contributed by atoms with Gasteiger partial charge < -0.3 is 5.32 Å². The van der Waals surface area contributed by atoms with Crippen LogP contribution in [-0.4, -0.2) is 10.7 Å². The number of allylic oxidation sites excluding steroid dienone is 6. The molecule has 0 spiro atoms. The van der Waals surface area contributed by atoms with Crippen molar-refractivity contribution in [3.63, 3.8) is 0 Å². The van der Waals surface area contributed by atoms with Crippen LogP contribution < -0.4 is 5.32 Å². The number of rotatable bonds is 10. The largest absolute Gasteiger partial charge is 0.377 e. The predicted octanol–water partition coefficient (Wildman–Crippen LogP) is 6.93. The van der Waals surface area contributed by atoms with Crippen LogP contribution >= 0.6 is 0 Å². The maximum atomic E-state index is 14.1. The lowest BCUT2D eigenvalue weighted by atomic mass is 9.96. The van der Waals surface area contributed by atoms with E-state index in [1.807, 2.05) is 19.2 Å². The highest BCUT2D eigenvalue weighted by Gasteiger charge is 2.20. The van der Waals surface area contributed by atoms with Gasteiger partial charge in [-0.1, -0.05) is 44.7 Å². The van der Waals surface area contributed by atoms with Gasteiger partial charge in [0.05, 0.1) is 11.7 Å². The third-order valence-electron chi connectivity index (χ3n) is 5.63. The lowest BCUT2D eigenvalue weighted by molar-refractivity contribution is 0.169. The normalized spacial score (nSPS) is 17.6. The molecule has 0 saturated carbocycles. The molecule has 0 aliphatic heterocycles. The SMILES string of the molecule is C=C(NC(C)c1ccc(CCC(C)(F)CC)cn1)C1=CC(CC)=C(/C=C\C)C1. The molecule has 0 saturated heterocycles. The second-order valence-corrected chi connectivity index (χ2v) is 7.95. The van der Waals surface area contributed by atoms with Crippen LogP contribution in [0, 0.1) is 0 Å². The molecule has 1 aromatic heterocycles. The van der Waals surface area contributed by atoms with E-state index in [1.165, 1.54) is 16.7 Å².